The smallest absolute Gasteiger partial charge is 0.362 e. The third-order valence-electron chi connectivity index (χ3n) is 10.0. The molecule has 0 saturated carbocycles. The molecule has 0 aliphatic heterocycles. The maximum atomic E-state index is 12.7. The van der Waals surface area contributed by atoms with Crippen LogP contribution in [-0.4, -0.2) is 80.6 Å². The monoisotopic (exact) mass is 777 g/mol. The van der Waals surface area contributed by atoms with E-state index in [4.69, 9.17) is 14.2 Å². The van der Waals surface area contributed by atoms with Crippen LogP contribution < -0.4 is 0 Å². The molecule has 0 saturated heterocycles. The Balaban J connectivity index is 4.42. The molecule has 2 atom stereocenters. The molecular weight excluding hydrogens is 691 g/mol. The van der Waals surface area contributed by atoms with E-state index < -0.39 is 18.1 Å². The summed E-state index contributed by atoms with van der Waals surface area (Å²) in [4.78, 5) is 36.9. The second-order valence-electron chi connectivity index (χ2n) is 16.3. The van der Waals surface area contributed by atoms with E-state index in [1.165, 1.54) is 116 Å². The number of rotatable bonds is 40. The number of nitrogens with zero attached hydrogens (tertiary/aromatic N) is 1. The van der Waals surface area contributed by atoms with Crippen LogP contribution in [0, 0.1) is 0 Å². The lowest BCUT2D eigenvalue weighted by Crippen LogP contribution is -2.50. The number of aliphatic carboxylic acids is 1. The number of quaternary nitrogens is 1. The summed E-state index contributed by atoms with van der Waals surface area (Å²) in [6, 6.07) is -0.621. The molecule has 0 amide bonds. The van der Waals surface area contributed by atoms with Gasteiger partial charge in [0.15, 0.2) is 12.1 Å². The number of carbonyl (C=O) groups is 3. The Morgan fingerprint density at radius 3 is 1.47 bits per heavy atom. The first-order chi connectivity index (χ1) is 26.6. The summed E-state index contributed by atoms with van der Waals surface area (Å²) in [5.74, 6) is -1.53. The number of carbonyl (C=O) groups excluding carboxylic acids is 2. The minimum Gasteiger partial charge on any atom is -0.477 e. The van der Waals surface area contributed by atoms with Crippen LogP contribution in [0.25, 0.3) is 0 Å². The molecule has 0 fully saturated rings. The van der Waals surface area contributed by atoms with Crippen molar-refractivity contribution in [3.05, 3.63) is 36.5 Å². The first-order valence-corrected chi connectivity index (χ1v) is 22.5. The highest BCUT2D eigenvalue weighted by atomic mass is 16.6. The average molecular weight is 777 g/mol. The van der Waals surface area contributed by atoms with Gasteiger partial charge < -0.3 is 23.8 Å². The van der Waals surface area contributed by atoms with Crippen LogP contribution in [0.3, 0.4) is 0 Å². The Kier molecular flexibility index (Phi) is 36.7. The van der Waals surface area contributed by atoms with Crippen LogP contribution >= 0.6 is 0 Å². The van der Waals surface area contributed by atoms with Crippen molar-refractivity contribution >= 4 is 17.9 Å². The number of ether oxygens (including phenoxy) is 3. The Bertz CT molecular complexity index is 1000. The van der Waals surface area contributed by atoms with Gasteiger partial charge in [-0.2, -0.15) is 0 Å². The lowest BCUT2D eigenvalue weighted by molar-refractivity contribution is -0.887. The van der Waals surface area contributed by atoms with E-state index in [9.17, 15) is 19.5 Å². The summed E-state index contributed by atoms with van der Waals surface area (Å²) in [6.07, 6.45) is 43.3. The van der Waals surface area contributed by atoms with Crippen molar-refractivity contribution in [3.63, 3.8) is 0 Å². The Labute approximate surface area is 338 Å². The van der Waals surface area contributed by atoms with E-state index in [1.807, 2.05) is 21.1 Å². The van der Waals surface area contributed by atoms with Crippen LogP contribution in [0.15, 0.2) is 36.5 Å². The van der Waals surface area contributed by atoms with Gasteiger partial charge in [-0.3, -0.25) is 9.59 Å². The Morgan fingerprint density at radius 1 is 0.545 bits per heavy atom. The second-order valence-corrected chi connectivity index (χ2v) is 16.3. The van der Waals surface area contributed by atoms with Gasteiger partial charge in [-0.15, -0.1) is 0 Å². The molecule has 0 rings (SSSR count). The molecule has 0 bridgehead atoms. The van der Waals surface area contributed by atoms with Crippen LogP contribution in [0.1, 0.15) is 194 Å². The lowest BCUT2D eigenvalue weighted by Gasteiger charge is -2.31. The van der Waals surface area contributed by atoms with Gasteiger partial charge in [0.25, 0.3) is 0 Å². The molecule has 2 unspecified atom stereocenters. The number of esters is 2. The average Bonchev–Trinajstić information content (AvgIpc) is 3.14. The number of carboxylic acids is 1. The summed E-state index contributed by atoms with van der Waals surface area (Å²) in [5.41, 5.74) is 0. The number of hydrogen-bond donors (Lipinski definition) is 1. The van der Waals surface area contributed by atoms with E-state index in [0.29, 0.717) is 19.3 Å². The molecule has 0 aliphatic carbocycles. The van der Waals surface area contributed by atoms with Gasteiger partial charge in [0, 0.05) is 19.3 Å². The SMILES string of the molecule is CCCCCCCC/C=C/C/C=C/C/C=C/CCCC(=O)OC(COCCC(C(=O)O)[N+](C)(C)C)COC(=O)CCCCCCCCCCCCCCCC. The summed E-state index contributed by atoms with van der Waals surface area (Å²) in [6.45, 7) is 4.68. The third kappa shape index (κ3) is 36.9. The molecule has 1 N–H and O–H groups in total. The first-order valence-electron chi connectivity index (χ1n) is 22.5. The van der Waals surface area contributed by atoms with Crippen molar-refractivity contribution in [3.8, 4) is 0 Å². The predicted octanol–water partition coefficient (Wildman–Crippen LogP) is 12.2. The molecule has 0 heterocycles. The maximum absolute atomic E-state index is 12.7. The highest BCUT2D eigenvalue weighted by Gasteiger charge is 2.31. The van der Waals surface area contributed by atoms with Crippen molar-refractivity contribution in [2.45, 2.75) is 206 Å². The zero-order valence-electron chi connectivity index (χ0n) is 36.4. The van der Waals surface area contributed by atoms with Crippen molar-refractivity contribution in [2.24, 2.45) is 0 Å². The minimum absolute atomic E-state index is 0.0435. The van der Waals surface area contributed by atoms with Crippen LogP contribution in [0.5, 0.6) is 0 Å². The molecule has 0 aromatic heterocycles. The van der Waals surface area contributed by atoms with Gasteiger partial charge in [-0.1, -0.05) is 166 Å². The molecule has 8 heteroatoms. The molecule has 0 aromatic rings. The zero-order chi connectivity index (χ0) is 40.7. The molecule has 320 valence electrons. The number of likely N-dealkylation sites (N-methyl/N-ethyl adjacent to an activating group) is 1. The minimum atomic E-state index is -0.882. The number of allylic oxidation sites excluding steroid dienone is 6. The van der Waals surface area contributed by atoms with E-state index in [2.05, 4.69) is 50.3 Å². The number of unbranched alkanes of at least 4 members (excludes halogenated alkanes) is 20. The topological polar surface area (TPSA) is 99.1 Å². The number of hydrogen-bond acceptors (Lipinski definition) is 6. The van der Waals surface area contributed by atoms with Gasteiger partial charge in [0.05, 0.1) is 34.4 Å². The molecule has 0 spiro atoms. The van der Waals surface area contributed by atoms with E-state index in [-0.39, 0.29) is 42.7 Å². The van der Waals surface area contributed by atoms with Crippen LogP contribution in [0.2, 0.25) is 0 Å². The summed E-state index contributed by atoms with van der Waals surface area (Å²) in [5, 5.41) is 9.61. The molecule has 55 heavy (non-hydrogen) atoms. The van der Waals surface area contributed by atoms with Crippen molar-refractivity contribution in [1.29, 1.82) is 0 Å². The molecule has 8 nitrogen and oxygen atoms in total. The fourth-order valence-electron chi connectivity index (χ4n) is 6.52. The molecule has 0 radical (unpaired) electrons. The highest BCUT2D eigenvalue weighted by Crippen LogP contribution is 2.15. The quantitative estimate of drug-likeness (QED) is 0.0286. The lowest BCUT2D eigenvalue weighted by atomic mass is 10.0. The van der Waals surface area contributed by atoms with Gasteiger partial charge in [-0.05, 0) is 44.9 Å². The van der Waals surface area contributed by atoms with Crippen molar-refractivity contribution in [1.82, 2.24) is 0 Å². The summed E-state index contributed by atoms with van der Waals surface area (Å²) in [7, 11) is 5.51. The highest BCUT2D eigenvalue weighted by molar-refractivity contribution is 5.72. The Morgan fingerprint density at radius 2 is 0.982 bits per heavy atom. The third-order valence-corrected chi connectivity index (χ3v) is 10.0. The standard InChI is InChI=1S/C47H85NO7/c1-6-8-10-12-14-16-18-20-22-23-24-26-28-30-32-34-36-38-46(50)55-43(41-53-40-39-44(47(51)52)48(3,4)5)42-54-45(49)37-35-33-31-29-27-25-21-19-17-15-13-11-9-7-2/h20,22,24,26,30,32,43-44H,6-19,21,23,25,27-29,31,33-42H2,1-5H3/p+1/b22-20+,26-24+,32-30+. The summed E-state index contributed by atoms with van der Waals surface area (Å²) < 4.78 is 17.2. The van der Waals surface area contributed by atoms with Gasteiger partial charge >= 0.3 is 17.9 Å². The molecule has 0 aliphatic rings. The normalized spacial score (nSPS) is 13.3. The molecule has 0 aromatic carbocycles. The summed E-state index contributed by atoms with van der Waals surface area (Å²) >= 11 is 0. The molecular formula is C47H86NO7+. The first kappa shape index (κ1) is 52.6. The van der Waals surface area contributed by atoms with Crippen LogP contribution in [-0.2, 0) is 28.6 Å². The van der Waals surface area contributed by atoms with Gasteiger partial charge in [0.1, 0.15) is 6.61 Å². The van der Waals surface area contributed by atoms with Gasteiger partial charge in [-0.25, -0.2) is 4.79 Å². The number of carboxylic acid groups (broad SMARTS) is 1. The van der Waals surface area contributed by atoms with E-state index in [1.54, 1.807) is 0 Å². The van der Waals surface area contributed by atoms with Crippen molar-refractivity contribution in [2.75, 3.05) is 41.0 Å². The van der Waals surface area contributed by atoms with E-state index in [0.717, 1.165) is 38.5 Å². The Hall–Kier alpha value is -2.45. The second kappa shape index (κ2) is 38.4. The van der Waals surface area contributed by atoms with Gasteiger partial charge in [0.2, 0.25) is 0 Å². The van der Waals surface area contributed by atoms with Crippen LogP contribution in [0.4, 0.5) is 0 Å². The fraction of sp³-hybridized carbons (Fsp3) is 0.809. The van der Waals surface area contributed by atoms with Crippen molar-refractivity contribution < 1.29 is 38.2 Å². The fourth-order valence-corrected chi connectivity index (χ4v) is 6.52. The zero-order valence-corrected chi connectivity index (χ0v) is 36.4. The largest absolute Gasteiger partial charge is 0.477 e. The maximum Gasteiger partial charge on any atom is 0.362 e. The van der Waals surface area contributed by atoms with E-state index >= 15 is 0 Å². The predicted molar refractivity (Wildman–Crippen MR) is 229 cm³/mol.